The molecule has 1 saturated carbocycles. The first-order valence-corrected chi connectivity index (χ1v) is 5.73. The van der Waals surface area contributed by atoms with Crippen molar-refractivity contribution < 1.29 is 17.6 Å². The molecule has 2 N–H and O–H groups in total. The average Bonchev–Trinajstić information content (AvgIpc) is 2.94. The van der Waals surface area contributed by atoms with E-state index in [0.29, 0.717) is 24.5 Å². The highest BCUT2D eigenvalue weighted by Crippen LogP contribution is 2.55. The summed E-state index contributed by atoms with van der Waals surface area (Å²) in [4.78, 5) is 0. The lowest BCUT2D eigenvalue weighted by Crippen LogP contribution is -2.45. The largest absolute Gasteiger partial charge is 0.416 e. The first-order valence-electron chi connectivity index (χ1n) is 5.73. The van der Waals surface area contributed by atoms with Crippen molar-refractivity contribution in [1.82, 2.24) is 0 Å². The SMILES string of the molecule is CC(C)(N)C1(c2cc(F)cc(C(F)(F)F)c2)CC1. The van der Waals surface area contributed by atoms with Crippen LogP contribution in [0.25, 0.3) is 0 Å². The molecule has 0 aliphatic heterocycles. The molecule has 0 atom stereocenters. The van der Waals surface area contributed by atoms with Gasteiger partial charge in [0, 0.05) is 11.0 Å². The second-order valence-electron chi connectivity index (χ2n) is 5.53. The van der Waals surface area contributed by atoms with Crippen molar-refractivity contribution >= 4 is 0 Å². The van der Waals surface area contributed by atoms with Gasteiger partial charge in [-0.25, -0.2) is 4.39 Å². The van der Waals surface area contributed by atoms with Crippen LogP contribution in [0.2, 0.25) is 0 Å². The molecule has 0 spiro atoms. The number of benzene rings is 1. The van der Waals surface area contributed by atoms with Crippen LogP contribution in [0.15, 0.2) is 18.2 Å². The smallest absolute Gasteiger partial charge is 0.325 e. The average molecular weight is 261 g/mol. The van der Waals surface area contributed by atoms with Gasteiger partial charge in [-0.1, -0.05) is 0 Å². The van der Waals surface area contributed by atoms with Gasteiger partial charge in [-0.15, -0.1) is 0 Å². The molecule has 1 aromatic carbocycles. The summed E-state index contributed by atoms with van der Waals surface area (Å²) < 4.78 is 51.3. The Labute approximate surface area is 103 Å². The highest BCUT2D eigenvalue weighted by atomic mass is 19.4. The van der Waals surface area contributed by atoms with E-state index >= 15 is 0 Å². The molecule has 1 aliphatic carbocycles. The normalized spacial score (nSPS) is 18.8. The number of alkyl halides is 3. The van der Waals surface area contributed by atoms with Crippen molar-refractivity contribution in [1.29, 1.82) is 0 Å². The standard InChI is InChI=1S/C13H15F4N/c1-11(2,18)12(3-4-12)8-5-9(13(15,16)17)7-10(14)6-8/h5-7H,3-4,18H2,1-2H3. The molecule has 0 saturated heterocycles. The van der Waals surface area contributed by atoms with Crippen LogP contribution in [0, 0.1) is 5.82 Å². The topological polar surface area (TPSA) is 26.0 Å². The molecule has 100 valence electrons. The van der Waals surface area contributed by atoms with Crippen LogP contribution < -0.4 is 5.73 Å². The van der Waals surface area contributed by atoms with Gasteiger partial charge in [0.1, 0.15) is 5.82 Å². The molecular weight excluding hydrogens is 246 g/mol. The fourth-order valence-corrected chi connectivity index (χ4v) is 2.46. The molecule has 1 fully saturated rings. The van der Waals surface area contributed by atoms with Crippen LogP contribution >= 0.6 is 0 Å². The zero-order chi connectivity index (χ0) is 13.8. The van der Waals surface area contributed by atoms with Crippen molar-refractivity contribution in [3.05, 3.63) is 35.1 Å². The molecule has 0 heterocycles. The second-order valence-corrected chi connectivity index (χ2v) is 5.53. The predicted octanol–water partition coefficient (Wildman–Crippen LogP) is 3.61. The number of halogens is 4. The van der Waals surface area contributed by atoms with Gasteiger partial charge in [0.15, 0.2) is 0 Å². The summed E-state index contributed by atoms with van der Waals surface area (Å²) in [7, 11) is 0. The molecule has 0 aromatic heterocycles. The van der Waals surface area contributed by atoms with Gasteiger partial charge in [-0.05, 0) is 50.5 Å². The Balaban J connectivity index is 2.51. The molecule has 1 aliphatic rings. The molecule has 2 rings (SSSR count). The molecule has 0 amide bonds. The molecule has 5 heteroatoms. The Morgan fingerprint density at radius 3 is 2.06 bits per heavy atom. The molecular formula is C13H15F4N. The number of hydrogen-bond acceptors (Lipinski definition) is 1. The van der Waals surface area contributed by atoms with E-state index in [1.165, 1.54) is 0 Å². The molecule has 1 nitrogen and oxygen atoms in total. The van der Waals surface area contributed by atoms with Gasteiger partial charge < -0.3 is 5.73 Å². The van der Waals surface area contributed by atoms with E-state index in [4.69, 9.17) is 5.73 Å². The maximum atomic E-state index is 13.4. The van der Waals surface area contributed by atoms with Crippen molar-refractivity contribution in [2.45, 2.75) is 43.8 Å². The zero-order valence-electron chi connectivity index (χ0n) is 10.2. The van der Waals surface area contributed by atoms with Gasteiger partial charge >= 0.3 is 6.18 Å². The van der Waals surface area contributed by atoms with Crippen LogP contribution in [0.5, 0.6) is 0 Å². The summed E-state index contributed by atoms with van der Waals surface area (Å²) in [5, 5.41) is 0. The van der Waals surface area contributed by atoms with E-state index in [1.54, 1.807) is 13.8 Å². The molecule has 0 unspecified atom stereocenters. The van der Waals surface area contributed by atoms with E-state index in [9.17, 15) is 17.6 Å². The summed E-state index contributed by atoms with van der Waals surface area (Å²) in [5.74, 6) is -0.865. The fraction of sp³-hybridized carbons (Fsp3) is 0.538. The van der Waals surface area contributed by atoms with E-state index < -0.39 is 28.5 Å². The van der Waals surface area contributed by atoms with Crippen LogP contribution in [0.3, 0.4) is 0 Å². The molecule has 18 heavy (non-hydrogen) atoms. The lowest BCUT2D eigenvalue weighted by molar-refractivity contribution is -0.137. The molecule has 0 radical (unpaired) electrons. The third kappa shape index (κ3) is 2.11. The third-order valence-electron chi connectivity index (χ3n) is 3.76. The van der Waals surface area contributed by atoms with Gasteiger partial charge in [0.25, 0.3) is 0 Å². The van der Waals surface area contributed by atoms with E-state index in [-0.39, 0.29) is 0 Å². The summed E-state index contributed by atoms with van der Waals surface area (Å²) in [6, 6.07) is 2.70. The minimum absolute atomic E-state index is 0.349. The number of nitrogens with two attached hydrogens (primary N) is 1. The van der Waals surface area contributed by atoms with E-state index in [2.05, 4.69) is 0 Å². The van der Waals surface area contributed by atoms with Crippen molar-refractivity contribution in [2.24, 2.45) is 5.73 Å². The predicted molar refractivity (Wildman–Crippen MR) is 60.6 cm³/mol. The minimum atomic E-state index is -4.54. The lowest BCUT2D eigenvalue weighted by atomic mass is 9.79. The fourth-order valence-electron chi connectivity index (χ4n) is 2.46. The van der Waals surface area contributed by atoms with Crippen molar-refractivity contribution in [3.8, 4) is 0 Å². The Morgan fingerprint density at radius 1 is 1.11 bits per heavy atom. The zero-order valence-corrected chi connectivity index (χ0v) is 10.2. The highest BCUT2D eigenvalue weighted by Gasteiger charge is 2.54. The van der Waals surface area contributed by atoms with Crippen LogP contribution in [0.4, 0.5) is 17.6 Å². The quantitative estimate of drug-likeness (QED) is 0.808. The van der Waals surface area contributed by atoms with Crippen molar-refractivity contribution in [3.63, 3.8) is 0 Å². The molecule has 1 aromatic rings. The van der Waals surface area contributed by atoms with Gasteiger partial charge in [0.05, 0.1) is 5.56 Å². The third-order valence-corrected chi connectivity index (χ3v) is 3.76. The van der Waals surface area contributed by atoms with Crippen LogP contribution in [0.1, 0.15) is 37.8 Å². The summed E-state index contributed by atoms with van der Waals surface area (Å²) in [6.45, 7) is 3.52. The van der Waals surface area contributed by atoms with Crippen LogP contribution in [-0.2, 0) is 11.6 Å². The molecule has 0 bridgehead atoms. The van der Waals surface area contributed by atoms with Gasteiger partial charge in [0.2, 0.25) is 0 Å². The second kappa shape index (κ2) is 3.70. The number of rotatable bonds is 2. The Bertz CT molecular complexity index is 467. The maximum absolute atomic E-state index is 13.4. The minimum Gasteiger partial charge on any atom is -0.325 e. The van der Waals surface area contributed by atoms with Gasteiger partial charge in [-0.3, -0.25) is 0 Å². The van der Waals surface area contributed by atoms with Crippen LogP contribution in [-0.4, -0.2) is 5.54 Å². The first kappa shape index (κ1) is 13.3. The monoisotopic (exact) mass is 261 g/mol. The Kier molecular flexibility index (Phi) is 2.74. The Hall–Kier alpha value is -1.10. The number of hydrogen-bond donors (Lipinski definition) is 1. The highest BCUT2D eigenvalue weighted by molar-refractivity contribution is 5.40. The lowest BCUT2D eigenvalue weighted by Gasteiger charge is -2.31. The van der Waals surface area contributed by atoms with Gasteiger partial charge in [-0.2, -0.15) is 13.2 Å². The summed E-state index contributed by atoms with van der Waals surface area (Å²) in [6.07, 6.45) is -3.15. The summed E-state index contributed by atoms with van der Waals surface area (Å²) >= 11 is 0. The Morgan fingerprint density at radius 2 is 1.67 bits per heavy atom. The first-order chi connectivity index (χ1) is 8.06. The van der Waals surface area contributed by atoms with Crippen molar-refractivity contribution in [2.75, 3.05) is 0 Å². The van der Waals surface area contributed by atoms with E-state index in [0.717, 1.165) is 12.1 Å². The summed E-state index contributed by atoms with van der Waals surface area (Å²) in [5.41, 5.74) is 4.22. The maximum Gasteiger partial charge on any atom is 0.416 e. The van der Waals surface area contributed by atoms with E-state index in [1.807, 2.05) is 0 Å².